The van der Waals surface area contributed by atoms with E-state index in [-0.39, 0.29) is 17.9 Å². The Kier molecular flexibility index (Phi) is 7.19. The zero-order valence-electron chi connectivity index (χ0n) is 18.0. The number of hydrogen-bond donors (Lipinski definition) is 2. The van der Waals surface area contributed by atoms with Crippen LogP contribution in [0.1, 0.15) is 34.1 Å². The summed E-state index contributed by atoms with van der Waals surface area (Å²) >= 11 is 1.45. The van der Waals surface area contributed by atoms with Gasteiger partial charge in [-0.05, 0) is 42.0 Å². The molecule has 1 unspecified atom stereocenters. The second-order valence-electron chi connectivity index (χ2n) is 7.80. The van der Waals surface area contributed by atoms with E-state index in [0.29, 0.717) is 11.4 Å². The fraction of sp³-hybridized carbons (Fsp3) is 0.280. The fourth-order valence-electron chi connectivity index (χ4n) is 4.04. The number of ether oxygens (including phenoxy) is 1. The molecule has 166 valence electrons. The molecule has 1 saturated heterocycles. The van der Waals surface area contributed by atoms with Crippen molar-refractivity contribution in [2.75, 3.05) is 25.5 Å². The van der Waals surface area contributed by atoms with Gasteiger partial charge in [0.15, 0.2) is 0 Å². The van der Waals surface area contributed by atoms with Gasteiger partial charge in [-0.15, -0.1) is 11.3 Å². The zero-order chi connectivity index (χ0) is 22.3. The minimum absolute atomic E-state index is 0.0196. The quantitative estimate of drug-likeness (QED) is 0.563. The number of nitrogens with one attached hydrogen (secondary N) is 2. The minimum Gasteiger partial charge on any atom is -0.497 e. The van der Waals surface area contributed by atoms with Crippen LogP contribution >= 0.6 is 11.3 Å². The molecule has 0 bridgehead atoms. The van der Waals surface area contributed by atoms with E-state index in [1.54, 1.807) is 7.11 Å². The van der Waals surface area contributed by atoms with Gasteiger partial charge in [0.1, 0.15) is 11.8 Å². The Morgan fingerprint density at radius 2 is 1.81 bits per heavy atom. The molecule has 3 aromatic rings. The van der Waals surface area contributed by atoms with E-state index in [0.717, 1.165) is 36.4 Å². The second kappa shape index (κ2) is 10.4. The third-order valence-corrected chi connectivity index (χ3v) is 6.54. The molecule has 1 aliphatic heterocycles. The molecule has 0 radical (unpaired) electrons. The number of thiophene rings is 1. The average Bonchev–Trinajstić information content (AvgIpc) is 3.36. The molecule has 2 amide bonds. The van der Waals surface area contributed by atoms with Gasteiger partial charge < -0.3 is 15.4 Å². The van der Waals surface area contributed by atoms with E-state index in [2.05, 4.69) is 15.5 Å². The Bertz CT molecular complexity index is 1030. The fourth-order valence-corrected chi connectivity index (χ4v) is 4.67. The van der Waals surface area contributed by atoms with Gasteiger partial charge in [0.05, 0.1) is 12.0 Å². The highest BCUT2D eigenvalue weighted by Gasteiger charge is 2.31. The number of amides is 2. The molecule has 1 aliphatic rings. The predicted octanol–water partition coefficient (Wildman–Crippen LogP) is 4.33. The van der Waals surface area contributed by atoms with Crippen LogP contribution in [-0.2, 0) is 4.79 Å². The van der Waals surface area contributed by atoms with Crippen LogP contribution in [0.5, 0.6) is 5.75 Å². The monoisotopic (exact) mass is 449 g/mol. The number of likely N-dealkylation sites (tertiary alicyclic amines) is 1. The molecule has 0 spiro atoms. The van der Waals surface area contributed by atoms with Crippen molar-refractivity contribution in [2.45, 2.75) is 24.9 Å². The third kappa shape index (κ3) is 5.36. The zero-order valence-corrected chi connectivity index (χ0v) is 18.8. The number of benzene rings is 2. The number of nitrogens with zero attached hydrogens (tertiary/aromatic N) is 1. The van der Waals surface area contributed by atoms with Gasteiger partial charge in [-0.2, -0.15) is 0 Å². The van der Waals surface area contributed by atoms with Crippen molar-refractivity contribution in [1.82, 2.24) is 10.2 Å². The maximum Gasteiger partial charge on any atom is 0.261 e. The molecule has 1 fully saturated rings. The molecule has 1 atom stereocenters. The first kappa shape index (κ1) is 22.0. The summed E-state index contributed by atoms with van der Waals surface area (Å²) < 4.78 is 5.27. The van der Waals surface area contributed by atoms with Crippen molar-refractivity contribution in [3.8, 4) is 5.75 Å². The third-order valence-electron chi connectivity index (χ3n) is 5.68. The highest BCUT2D eigenvalue weighted by atomic mass is 32.1. The number of methoxy groups -OCH3 is 1. The summed E-state index contributed by atoms with van der Waals surface area (Å²) in [6.07, 6.45) is 1.60. The van der Waals surface area contributed by atoms with E-state index in [1.807, 2.05) is 72.1 Å². The molecule has 4 rings (SSSR count). The van der Waals surface area contributed by atoms with Crippen LogP contribution in [0.15, 0.2) is 72.1 Å². The number of carbonyl (C=O) groups is 2. The van der Waals surface area contributed by atoms with Crippen LogP contribution in [0.2, 0.25) is 0 Å². The van der Waals surface area contributed by atoms with Gasteiger partial charge in [0, 0.05) is 30.9 Å². The van der Waals surface area contributed by atoms with Crippen molar-refractivity contribution in [3.05, 3.63) is 82.6 Å². The molecular weight excluding hydrogens is 422 g/mol. The topological polar surface area (TPSA) is 70.7 Å². The van der Waals surface area contributed by atoms with Gasteiger partial charge in [-0.1, -0.05) is 42.5 Å². The molecule has 2 heterocycles. The van der Waals surface area contributed by atoms with Crippen LogP contribution < -0.4 is 15.4 Å². The lowest BCUT2D eigenvalue weighted by Crippen LogP contribution is -2.47. The van der Waals surface area contributed by atoms with Gasteiger partial charge in [-0.25, -0.2) is 0 Å². The van der Waals surface area contributed by atoms with Crippen LogP contribution in [0.4, 0.5) is 5.69 Å². The van der Waals surface area contributed by atoms with Crippen LogP contribution in [0.25, 0.3) is 0 Å². The lowest BCUT2D eigenvalue weighted by molar-refractivity contribution is -0.122. The molecule has 6 nitrogen and oxygen atoms in total. The predicted molar refractivity (Wildman–Crippen MR) is 127 cm³/mol. The molecule has 2 N–H and O–H groups in total. The summed E-state index contributed by atoms with van der Waals surface area (Å²) in [7, 11) is 1.61. The molecular formula is C25H27N3O3S. The molecule has 2 aromatic carbocycles. The maximum atomic E-state index is 13.4. The van der Waals surface area contributed by atoms with E-state index in [4.69, 9.17) is 4.74 Å². The smallest absolute Gasteiger partial charge is 0.261 e. The molecule has 0 aliphatic carbocycles. The SMILES string of the molecule is COc1cccc(NC(=O)C(c2ccccc2)N2CCC(NC(=O)c3cccs3)CC2)c1. The largest absolute Gasteiger partial charge is 0.497 e. The molecule has 0 saturated carbocycles. The maximum absolute atomic E-state index is 13.4. The second-order valence-corrected chi connectivity index (χ2v) is 8.74. The first-order chi connectivity index (χ1) is 15.6. The Balaban J connectivity index is 1.44. The summed E-state index contributed by atoms with van der Waals surface area (Å²) in [5.41, 5.74) is 1.65. The summed E-state index contributed by atoms with van der Waals surface area (Å²) in [6.45, 7) is 1.45. The normalized spacial score (nSPS) is 15.7. The van der Waals surface area contributed by atoms with E-state index >= 15 is 0 Å². The lowest BCUT2D eigenvalue weighted by atomic mass is 9.98. The number of rotatable bonds is 7. The van der Waals surface area contributed by atoms with Crippen molar-refractivity contribution in [3.63, 3.8) is 0 Å². The average molecular weight is 450 g/mol. The molecule has 1 aromatic heterocycles. The van der Waals surface area contributed by atoms with Crippen LogP contribution in [0, 0.1) is 0 Å². The summed E-state index contributed by atoms with van der Waals surface area (Å²) in [6, 6.07) is 20.6. The first-order valence-corrected chi connectivity index (χ1v) is 11.6. The van der Waals surface area contributed by atoms with Gasteiger partial charge >= 0.3 is 0 Å². The summed E-state index contributed by atoms with van der Waals surface area (Å²) in [4.78, 5) is 28.7. The van der Waals surface area contributed by atoms with E-state index < -0.39 is 6.04 Å². The van der Waals surface area contributed by atoms with Crippen molar-refractivity contribution >= 4 is 28.8 Å². The summed E-state index contributed by atoms with van der Waals surface area (Å²) in [5.74, 6) is 0.598. The summed E-state index contributed by atoms with van der Waals surface area (Å²) in [5, 5.41) is 8.08. The Morgan fingerprint density at radius 3 is 2.50 bits per heavy atom. The lowest BCUT2D eigenvalue weighted by Gasteiger charge is -2.37. The minimum atomic E-state index is -0.406. The highest BCUT2D eigenvalue weighted by molar-refractivity contribution is 7.12. The van der Waals surface area contributed by atoms with E-state index in [1.165, 1.54) is 11.3 Å². The van der Waals surface area contributed by atoms with Crippen molar-refractivity contribution in [1.29, 1.82) is 0 Å². The van der Waals surface area contributed by atoms with Crippen LogP contribution in [-0.4, -0.2) is 43.0 Å². The van der Waals surface area contributed by atoms with Gasteiger partial charge in [-0.3, -0.25) is 14.5 Å². The number of carbonyl (C=O) groups excluding carboxylic acids is 2. The molecule has 32 heavy (non-hydrogen) atoms. The first-order valence-electron chi connectivity index (χ1n) is 10.7. The number of piperidine rings is 1. The van der Waals surface area contributed by atoms with Crippen molar-refractivity contribution < 1.29 is 14.3 Å². The Morgan fingerprint density at radius 1 is 1.03 bits per heavy atom. The molecule has 7 heteroatoms. The highest BCUT2D eigenvalue weighted by Crippen LogP contribution is 2.27. The number of anilines is 1. The van der Waals surface area contributed by atoms with Gasteiger partial charge in [0.2, 0.25) is 5.91 Å². The Hall–Kier alpha value is -3.16. The van der Waals surface area contributed by atoms with E-state index in [9.17, 15) is 9.59 Å². The number of hydrogen-bond acceptors (Lipinski definition) is 5. The Labute approximate surface area is 192 Å². The van der Waals surface area contributed by atoms with Crippen LogP contribution in [0.3, 0.4) is 0 Å². The van der Waals surface area contributed by atoms with Gasteiger partial charge in [0.25, 0.3) is 5.91 Å². The standard InChI is InChI=1S/C25H27N3O3S/c1-31-21-10-5-9-20(17-21)27-25(30)23(18-7-3-2-4-8-18)28-14-12-19(13-15-28)26-24(29)22-11-6-16-32-22/h2-11,16-17,19,23H,12-15H2,1H3,(H,26,29)(H,27,30). The van der Waals surface area contributed by atoms with Crippen molar-refractivity contribution in [2.24, 2.45) is 0 Å².